The summed E-state index contributed by atoms with van der Waals surface area (Å²) in [5.74, 6) is -4.33. The number of sulfone groups is 2. The van der Waals surface area contributed by atoms with E-state index >= 15 is 0 Å². The van der Waals surface area contributed by atoms with Crippen molar-refractivity contribution in [2.75, 3.05) is 19.3 Å². The van der Waals surface area contributed by atoms with E-state index in [4.69, 9.17) is 0 Å². The molecule has 0 aromatic heterocycles. The number of non-ortho nitro benzene ring substituents is 1. The Morgan fingerprint density at radius 3 is 1.93 bits per heavy atom. The molecule has 1 aliphatic rings. The van der Waals surface area contributed by atoms with E-state index in [1.54, 1.807) is 0 Å². The maximum Gasteiger partial charge on any atom is 0.324 e. The van der Waals surface area contributed by atoms with Gasteiger partial charge < -0.3 is 9.47 Å². The third-order valence-corrected chi connectivity index (χ3v) is 9.23. The topological polar surface area (TPSA) is 164 Å². The maximum atomic E-state index is 12.5. The van der Waals surface area contributed by atoms with Crippen LogP contribution in [0.5, 0.6) is 0 Å². The van der Waals surface area contributed by atoms with Gasteiger partial charge in [-0.15, -0.1) is 0 Å². The first-order chi connectivity index (χ1) is 12.5. The number of carbonyl (C=O) groups excluding carboxylic acids is 2. The summed E-state index contributed by atoms with van der Waals surface area (Å²) in [6.45, 7) is 0. The zero-order chi connectivity index (χ0) is 20.6. The molecule has 1 aromatic rings. The van der Waals surface area contributed by atoms with E-state index in [9.17, 15) is 36.5 Å². The molecule has 148 valence electrons. The fourth-order valence-electron chi connectivity index (χ4n) is 3.00. The van der Waals surface area contributed by atoms with Crippen LogP contribution in [0.25, 0.3) is 0 Å². The van der Waals surface area contributed by atoms with E-state index in [0.717, 1.165) is 26.4 Å². The van der Waals surface area contributed by atoms with Gasteiger partial charge in [-0.3, -0.25) is 19.7 Å². The van der Waals surface area contributed by atoms with Crippen LogP contribution in [0.3, 0.4) is 0 Å². The van der Waals surface area contributed by atoms with E-state index in [1.807, 2.05) is 0 Å². The van der Waals surface area contributed by atoms with Gasteiger partial charge in [0.1, 0.15) is 0 Å². The highest BCUT2D eigenvalue weighted by molar-refractivity contribution is 8.10. The third kappa shape index (κ3) is 3.78. The van der Waals surface area contributed by atoms with Crippen LogP contribution >= 0.6 is 0 Å². The van der Waals surface area contributed by atoms with Crippen LogP contribution in [-0.2, 0) is 38.7 Å². The standard InChI is InChI=1S/C14H15NO10S2/c1-24-13(16)11-10(8-4-3-5-9(6-8)15(18)19)12(14(17)25-2)27(22,23)7-26(11,20)21/h3-6,10-12H,7H2,1-2H3. The van der Waals surface area contributed by atoms with E-state index in [-0.39, 0.29) is 5.56 Å². The van der Waals surface area contributed by atoms with E-state index in [0.29, 0.717) is 0 Å². The Balaban J connectivity index is 2.83. The average Bonchev–Trinajstić information content (AvgIpc) is 2.58. The first-order valence-electron chi connectivity index (χ1n) is 7.29. The second-order valence-corrected chi connectivity index (χ2v) is 10.3. The van der Waals surface area contributed by atoms with Gasteiger partial charge in [0.15, 0.2) is 35.3 Å². The molecule has 1 aromatic carbocycles. The molecular formula is C14H15NO10S2. The number of ether oxygens (including phenoxy) is 2. The largest absolute Gasteiger partial charge is 0.468 e. The summed E-state index contributed by atoms with van der Waals surface area (Å²) in [5.41, 5.74) is -0.665. The zero-order valence-electron chi connectivity index (χ0n) is 14.1. The minimum absolute atomic E-state index is 0.193. The predicted molar refractivity (Wildman–Crippen MR) is 90.2 cm³/mol. The number of carbonyl (C=O) groups is 2. The molecule has 11 nitrogen and oxygen atoms in total. The minimum Gasteiger partial charge on any atom is -0.468 e. The van der Waals surface area contributed by atoms with Gasteiger partial charge in [0.2, 0.25) is 0 Å². The summed E-state index contributed by atoms with van der Waals surface area (Å²) in [5, 5.41) is 5.48. The van der Waals surface area contributed by atoms with Gasteiger partial charge >= 0.3 is 11.9 Å². The van der Waals surface area contributed by atoms with Crippen molar-refractivity contribution in [1.82, 2.24) is 0 Å². The van der Waals surface area contributed by atoms with Crippen molar-refractivity contribution >= 4 is 37.3 Å². The van der Waals surface area contributed by atoms with Gasteiger partial charge in [-0.2, -0.15) is 0 Å². The first kappa shape index (κ1) is 20.8. The van der Waals surface area contributed by atoms with Crippen LogP contribution < -0.4 is 0 Å². The molecule has 0 saturated carbocycles. The highest BCUT2D eigenvalue weighted by atomic mass is 32.3. The molecule has 0 aliphatic carbocycles. The van der Waals surface area contributed by atoms with Gasteiger partial charge in [0, 0.05) is 18.1 Å². The molecule has 0 N–H and O–H groups in total. The Kier molecular flexibility index (Phi) is 5.56. The number of esters is 2. The van der Waals surface area contributed by atoms with Crippen LogP contribution in [-0.4, -0.2) is 63.5 Å². The van der Waals surface area contributed by atoms with Crippen LogP contribution in [0.2, 0.25) is 0 Å². The summed E-state index contributed by atoms with van der Waals surface area (Å²) >= 11 is 0. The predicted octanol–water partition coefficient (Wildman–Crippen LogP) is -0.438. The van der Waals surface area contributed by atoms with Crippen LogP contribution in [0.1, 0.15) is 11.5 Å². The van der Waals surface area contributed by atoms with E-state index in [2.05, 4.69) is 9.47 Å². The lowest BCUT2D eigenvalue weighted by Gasteiger charge is -2.34. The maximum absolute atomic E-state index is 12.5. The highest BCUT2D eigenvalue weighted by Crippen LogP contribution is 2.40. The Morgan fingerprint density at radius 2 is 1.52 bits per heavy atom. The van der Waals surface area contributed by atoms with Crippen molar-refractivity contribution in [3.8, 4) is 0 Å². The van der Waals surface area contributed by atoms with Crippen molar-refractivity contribution in [3.63, 3.8) is 0 Å². The Morgan fingerprint density at radius 1 is 1.04 bits per heavy atom. The Bertz CT molecular complexity index is 946. The number of nitrogens with zero attached hydrogens (tertiary/aromatic N) is 1. The lowest BCUT2D eigenvalue weighted by Crippen LogP contribution is -2.55. The Labute approximate surface area is 154 Å². The van der Waals surface area contributed by atoms with Crippen molar-refractivity contribution in [1.29, 1.82) is 0 Å². The number of benzene rings is 1. The van der Waals surface area contributed by atoms with Gasteiger partial charge in [-0.1, -0.05) is 12.1 Å². The lowest BCUT2D eigenvalue weighted by atomic mass is 9.91. The molecule has 2 atom stereocenters. The molecule has 0 radical (unpaired) electrons. The summed E-state index contributed by atoms with van der Waals surface area (Å²) in [6, 6.07) is 4.38. The molecule has 0 bridgehead atoms. The van der Waals surface area contributed by atoms with Gasteiger partial charge in [0.25, 0.3) is 5.69 Å². The molecule has 2 rings (SSSR count). The summed E-state index contributed by atoms with van der Waals surface area (Å²) in [6.07, 6.45) is 0. The molecular weight excluding hydrogens is 406 g/mol. The molecule has 1 heterocycles. The zero-order valence-corrected chi connectivity index (χ0v) is 15.7. The van der Waals surface area contributed by atoms with E-state index in [1.165, 1.54) is 12.1 Å². The molecule has 13 heteroatoms. The number of nitro benzene ring substituents is 1. The van der Waals surface area contributed by atoms with Gasteiger partial charge in [-0.05, 0) is 5.56 Å². The van der Waals surface area contributed by atoms with Crippen LogP contribution in [0.15, 0.2) is 24.3 Å². The normalized spacial score (nSPS) is 25.9. The number of hydrogen-bond donors (Lipinski definition) is 0. The first-order valence-corrected chi connectivity index (χ1v) is 10.7. The summed E-state index contributed by atoms with van der Waals surface area (Å²) in [4.78, 5) is 34.6. The number of rotatable bonds is 4. The smallest absolute Gasteiger partial charge is 0.324 e. The molecule has 1 fully saturated rings. The Hall–Kier alpha value is -2.54. The fraction of sp³-hybridized carbons (Fsp3) is 0.429. The molecule has 1 saturated heterocycles. The van der Waals surface area contributed by atoms with Crippen molar-refractivity contribution in [3.05, 3.63) is 39.9 Å². The van der Waals surface area contributed by atoms with Crippen molar-refractivity contribution in [2.24, 2.45) is 0 Å². The second kappa shape index (κ2) is 7.23. The SMILES string of the molecule is COC(=O)C1C(c2cccc([N+](=O)[O-])c2)C(C(=O)OC)S(=O)(=O)CS1(=O)=O. The van der Waals surface area contributed by atoms with Crippen molar-refractivity contribution < 1.29 is 40.8 Å². The monoisotopic (exact) mass is 421 g/mol. The number of nitro groups is 1. The molecule has 0 spiro atoms. The number of hydrogen-bond acceptors (Lipinski definition) is 10. The second-order valence-electron chi connectivity index (χ2n) is 5.71. The molecule has 2 unspecified atom stereocenters. The van der Waals surface area contributed by atoms with Gasteiger partial charge in [-0.25, -0.2) is 16.8 Å². The summed E-state index contributed by atoms with van der Waals surface area (Å²) in [7, 11) is -7.37. The number of methoxy groups -OCH3 is 2. The minimum atomic E-state index is -4.59. The van der Waals surface area contributed by atoms with Crippen molar-refractivity contribution in [2.45, 2.75) is 16.4 Å². The molecule has 27 heavy (non-hydrogen) atoms. The average molecular weight is 421 g/mol. The van der Waals surface area contributed by atoms with Crippen LogP contribution in [0, 0.1) is 10.1 Å². The third-order valence-electron chi connectivity index (χ3n) is 4.09. The van der Waals surface area contributed by atoms with Crippen LogP contribution in [0.4, 0.5) is 5.69 Å². The van der Waals surface area contributed by atoms with E-state index < -0.39 is 63.7 Å². The molecule has 0 amide bonds. The quantitative estimate of drug-likeness (QED) is 0.353. The lowest BCUT2D eigenvalue weighted by molar-refractivity contribution is -0.384. The highest BCUT2D eigenvalue weighted by Gasteiger charge is 2.58. The van der Waals surface area contributed by atoms with Gasteiger partial charge in [0.05, 0.1) is 19.1 Å². The fourth-order valence-corrected chi connectivity index (χ4v) is 8.40. The summed E-state index contributed by atoms with van der Waals surface area (Å²) < 4.78 is 58.9. The molecule has 1 aliphatic heterocycles.